The van der Waals surface area contributed by atoms with Gasteiger partial charge in [-0.2, -0.15) is 0 Å². The normalized spacial score (nSPS) is 17.3. The van der Waals surface area contributed by atoms with Gasteiger partial charge in [0.1, 0.15) is 6.23 Å². The third-order valence-corrected chi connectivity index (χ3v) is 4.48. The fourth-order valence-electron chi connectivity index (χ4n) is 3.13. The largest absolute Gasteiger partial charge is 0.392 e. The summed E-state index contributed by atoms with van der Waals surface area (Å²) in [7, 11) is 0. The fraction of sp³-hybridized carbons (Fsp3) is 0.611. The molecule has 0 aliphatic heterocycles. The third-order valence-electron chi connectivity index (χ3n) is 4.48. The lowest BCUT2D eigenvalue weighted by Gasteiger charge is -2.30. The first-order valence-electron chi connectivity index (χ1n) is 8.44. The van der Waals surface area contributed by atoms with E-state index in [9.17, 15) is 10.2 Å². The molecular formula is C18H27N3O2. The molecule has 1 unspecified atom stereocenters. The Bertz CT molecular complexity index is 683. The number of imidazole rings is 1. The summed E-state index contributed by atoms with van der Waals surface area (Å²) in [5.74, 6) is 0.733. The van der Waals surface area contributed by atoms with Gasteiger partial charge >= 0.3 is 0 Å². The molecule has 3 rings (SSSR count). The number of hydrogen-bond acceptors (Lipinski definition) is 4. The van der Waals surface area contributed by atoms with Crippen LogP contribution in [0.3, 0.4) is 0 Å². The van der Waals surface area contributed by atoms with Crippen LogP contribution in [-0.2, 0) is 6.61 Å². The Balaban J connectivity index is 1.95. The highest BCUT2D eigenvalue weighted by Crippen LogP contribution is 2.37. The topological polar surface area (TPSA) is 70.3 Å². The summed E-state index contributed by atoms with van der Waals surface area (Å²) < 4.78 is 2.20. The summed E-state index contributed by atoms with van der Waals surface area (Å²) in [5.41, 5.74) is 2.87. The Morgan fingerprint density at radius 2 is 2.09 bits per heavy atom. The molecule has 1 heterocycles. The van der Waals surface area contributed by atoms with Gasteiger partial charge in [0.05, 0.1) is 17.6 Å². The second-order valence-corrected chi connectivity index (χ2v) is 7.80. The van der Waals surface area contributed by atoms with Crippen molar-refractivity contribution in [3.05, 3.63) is 23.8 Å². The van der Waals surface area contributed by atoms with Crippen LogP contribution >= 0.6 is 0 Å². The molecule has 5 nitrogen and oxygen atoms in total. The minimum atomic E-state index is -0.622. The number of aromatic nitrogens is 2. The van der Waals surface area contributed by atoms with Gasteiger partial charge in [-0.3, -0.25) is 0 Å². The molecule has 0 saturated heterocycles. The van der Waals surface area contributed by atoms with E-state index in [4.69, 9.17) is 0 Å². The Morgan fingerprint density at radius 1 is 1.35 bits per heavy atom. The number of aliphatic hydroxyl groups is 2. The summed E-state index contributed by atoms with van der Waals surface area (Å²) in [6.07, 6.45) is 3.54. The smallest absolute Gasteiger partial charge is 0.206 e. The Labute approximate surface area is 137 Å². The molecule has 1 saturated carbocycles. The van der Waals surface area contributed by atoms with E-state index < -0.39 is 6.23 Å². The van der Waals surface area contributed by atoms with Crippen molar-refractivity contribution in [2.24, 2.45) is 5.41 Å². The predicted molar refractivity (Wildman–Crippen MR) is 92.2 cm³/mol. The summed E-state index contributed by atoms with van der Waals surface area (Å²) in [6.45, 7) is 6.36. The Hall–Kier alpha value is -1.59. The van der Waals surface area contributed by atoms with E-state index in [-0.39, 0.29) is 12.0 Å². The quantitative estimate of drug-likeness (QED) is 0.739. The van der Waals surface area contributed by atoms with Gasteiger partial charge in [-0.1, -0.05) is 26.8 Å². The molecular weight excluding hydrogens is 290 g/mol. The monoisotopic (exact) mass is 317 g/mol. The minimum absolute atomic E-state index is 0.0290. The van der Waals surface area contributed by atoms with Crippen molar-refractivity contribution in [2.75, 3.05) is 5.32 Å². The van der Waals surface area contributed by atoms with E-state index in [0.29, 0.717) is 12.5 Å². The highest BCUT2D eigenvalue weighted by atomic mass is 16.3. The molecule has 1 aromatic carbocycles. The molecule has 3 N–H and O–H groups in total. The van der Waals surface area contributed by atoms with E-state index in [1.165, 1.54) is 6.42 Å². The lowest BCUT2D eigenvalue weighted by Crippen LogP contribution is -2.28. The van der Waals surface area contributed by atoms with Gasteiger partial charge in [0.15, 0.2) is 0 Å². The lowest BCUT2D eigenvalue weighted by molar-refractivity contribution is 0.143. The molecule has 1 fully saturated rings. The Morgan fingerprint density at radius 3 is 2.65 bits per heavy atom. The molecule has 1 atom stereocenters. The van der Waals surface area contributed by atoms with Crippen LogP contribution in [0, 0.1) is 5.41 Å². The van der Waals surface area contributed by atoms with Gasteiger partial charge in [0.2, 0.25) is 5.95 Å². The van der Waals surface area contributed by atoms with Crippen LogP contribution in [-0.4, -0.2) is 26.0 Å². The van der Waals surface area contributed by atoms with Crippen LogP contribution in [0.2, 0.25) is 0 Å². The second kappa shape index (κ2) is 6.13. The molecule has 1 aromatic heterocycles. The maximum Gasteiger partial charge on any atom is 0.206 e. The average molecular weight is 317 g/mol. The molecule has 5 heteroatoms. The maximum atomic E-state index is 10.4. The van der Waals surface area contributed by atoms with Gasteiger partial charge in [-0.25, -0.2) is 4.98 Å². The predicted octanol–water partition coefficient (Wildman–Crippen LogP) is 3.42. The van der Waals surface area contributed by atoms with Crippen LogP contribution < -0.4 is 5.32 Å². The molecule has 0 spiro atoms. The lowest BCUT2D eigenvalue weighted by atomic mass is 9.91. The number of rotatable bonds is 5. The summed E-state index contributed by atoms with van der Waals surface area (Å²) >= 11 is 0. The van der Waals surface area contributed by atoms with Gasteiger partial charge in [-0.15, -0.1) is 0 Å². The summed E-state index contributed by atoms with van der Waals surface area (Å²) in [4.78, 5) is 4.67. The summed E-state index contributed by atoms with van der Waals surface area (Å²) in [5, 5.41) is 22.9. The van der Waals surface area contributed by atoms with Gasteiger partial charge < -0.3 is 20.1 Å². The fourth-order valence-corrected chi connectivity index (χ4v) is 3.13. The van der Waals surface area contributed by atoms with Crippen molar-refractivity contribution >= 4 is 17.0 Å². The molecule has 1 aliphatic rings. The summed E-state index contributed by atoms with van der Waals surface area (Å²) in [6, 6.07) is 6.27. The molecule has 0 amide bonds. The number of anilines is 1. The van der Waals surface area contributed by atoms with E-state index in [2.05, 4.69) is 35.6 Å². The van der Waals surface area contributed by atoms with Crippen molar-refractivity contribution in [2.45, 2.75) is 65.3 Å². The van der Waals surface area contributed by atoms with Gasteiger partial charge in [-0.05, 0) is 48.8 Å². The van der Waals surface area contributed by atoms with Crippen LogP contribution in [0.1, 0.15) is 58.1 Å². The first-order valence-corrected chi connectivity index (χ1v) is 8.44. The van der Waals surface area contributed by atoms with Crippen molar-refractivity contribution in [3.8, 4) is 0 Å². The number of fused-ring (bicyclic) bond motifs is 1. The van der Waals surface area contributed by atoms with Crippen LogP contribution in [0.15, 0.2) is 18.2 Å². The molecule has 23 heavy (non-hydrogen) atoms. The van der Waals surface area contributed by atoms with Crippen LogP contribution in [0.25, 0.3) is 11.0 Å². The number of benzene rings is 1. The minimum Gasteiger partial charge on any atom is -0.392 e. The third kappa shape index (κ3) is 3.51. The Kier molecular flexibility index (Phi) is 4.34. The van der Waals surface area contributed by atoms with Crippen LogP contribution in [0.4, 0.5) is 5.95 Å². The number of nitrogens with one attached hydrogen (secondary N) is 1. The molecule has 126 valence electrons. The first-order chi connectivity index (χ1) is 10.9. The molecule has 1 aliphatic carbocycles. The van der Waals surface area contributed by atoms with Crippen molar-refractivity contribution in [1.29, 1.82) is 0 Å². The zero-order valence-electron chi connectivity index (χ0n) is 14.2. The average Bonchev–Trinajstić information content (AvgIpc) is 2.72. The number of aliphatic hydroxyl groups excluding tert-OH is 2. The molecule has 2 aromatic rings. The molecule has 0 bridgehead atoms. The van der Waals surface area contributed by atoms with Crippen molar-refractivity contribution in [3.63, 3.8) is 0 Å². The van der Waals surface area contributed by atoms with Gasteiger partial charge in [0.25, 0.3) is 0 Å². The second-order valence-electron chi connectivity index (χ2n) is 7.80. The SMILES string of the molecule is CC(C)(C)CC(O)Nc1nc2ccc(CO)cc2n1C1CCC1. The van der Waals surface area contributed by atoms with E-state index in [0.717, 1.165) is 35.4 Å². The maximum absolute atomic E-state index is 10.4. The zero-order valence-corrected chi connectivity index (χ0v) is 14.2. The molecule has 0 radical (unpaired) electrons. The van der Waals surface area contributed by atoms with Gasteiger partial charge in [0, 0.05) is 6.04 Å². The van der Waals surface area contributed by atoms with Crippen molar-refractivity contribution in [1.82, 2.24) is 9.55 Å². The highest BCUT2D eigenvalue weighted by Gasteiger charge is 2.26. The van der Waals surface area contributed by atoms with E-state index in [1.54, 1.807) is 0 Å². The van der Waals surface area contributed by atoms with Crippen LogP contribution in [0.5, 0.6) is 0 Å². The standard InChI is InChI=1S/C18H27N3O2/c1-18(2,3)10-16(23)20-17-19-14-8-7-12(11-22)9-15(14)21(17)13-5-4-6-13/h7-9,13,16,22-23H,4-6,10-11H2,1-3H3,(H,19,20). The zero-order chi connectivity index (χ0) is 16.6. The number of nitrogens with zero attached hydrogens (tertiary/aromatic N) is 2. The first kappa shape index (κ1) is 16.3. The van der Waals surface area contributed by atoms with E-state index >= 15 is 0 Å². The van der Waals surface area contributed by atoms with E-state index in [1.807, 2.05) is 18.2 Å². The highest BCUT2D eigenvalue weighted by molar-refractivity contribution is 5.79. The number of hydrogen-bond donors (Lipinski definition) is 3. The van der Waals surface area contributed by atoms with Crippen molar-refractivity contribution < 1.29 is 10.2 Å².